The second-order valence-electron chi connectivity index (χ2n) is 4.52. The summed E-state index contributed by atoms with van der Waals surface area (Å²) in [5.41, 5.74) is 3.11. The van der Waals surface area contributed by atoms with Crippen molar-refractivity contribution in [1.82, 2.24) is 15.5 Å². The van der Waals surface area contributed by atoms with E-state index < -0.39 is 0 Å². The third-order valence-corrected chi connectivity index (χ3v) is 3.73. The molecule has 102 valence electrons. The standard InChI is InChI=1S/C15H15N3OS/c1-11-7-13(18-19-11)8-16-9-15-17-14(10-20-15)12-5-3-2-4-6-12/h2-7,10,16H,8-9H2,1H3. The molecule has 0 bridgehead atoms. The van der Waals surface area contributed by atoms with Gasteiger partial charge in [-0.1, -0.05) is 35.5 Å². The van der Waals surface area contributed by atoms with Crippen LogP contribution in [0.15, 0.2) is 46.3 Å². The molecule has 0 atom stereocenters. The molecule has 0 saturated heterocycles. The Morgan fingerprint density at radius 3 is 2.80 bits per heavy atom. The van der Waals surface area contributed by atoms with E-state index in [1.165, 1.54) is 0 Å². The first-order valence-corrected chi connectivity index (χ1v) is 7.32. The molecule has 0 unspecified atom stereocenters. The maximum absolute atomic E-state index is 5.03. The van der Waals surface area contributed by atoms with Gasteiger partial charge in [0.05, 0.1) is 11.4 Å². The quantitative estimate of drug-likeness (QED) is 0.780. The van der Waals surface area contributed by atoms with E-state index in [1.807, 2.05) is 31.2 Å². The van der Waals surface area contributed by atoms with Crippen molar-refractivity contribution < 1.29 is 4.52 Å². The molecule has 0 aliphatic heterocycles. The molecular weight excluding hydrogens is 270 g/mol. The van der Waals surface area contributed by atoms with Crippen LogP contribution >= 0.6 is 11.3 Å². The summed E-state index contributed by atoms with van der Waals surface area (Å²) < 4.78 is 5.03. The maximum Gasteiger partial charge on any atom is 0.133 e. The highest BCUT2D eigenvalue weighted by Gasteiger charge is 2.05. The molecule has 2 aromatic heterocycles. The Bertz CT molecular complexity index is 675. The zero-order valence-electron chi connectivity index (χ0n) is 11.2. The van der Waals surface area contributed by atoms with E-state index in [0.717, 1.165) is 34.3 Å². The van der Waals surface area contributed by atoms with Crippen LogP contribution in [-0.4, -0.2) is 10.1 Å². The number of nitrogens with zero attached hydrogens (tertiary/aromatic N) is 2. The van der Waals surface area contributed by atoms with Gasteiger partial charge in [-0.25, -0.2) is 4.98 Å². The van der Waals surface area contributed by atoms with E-state index in [0.29, 0.717) is 6.54 Å². The van der Waals surface area contributed by atoms with Crippen LogP contribution in [0.25, 0.3) is 11.3 Å². The number of hydrogen-bond acceptors (Lipinski definition) is 5. The third-order valence-electron chi connectivity index (χ3n) is 2.88. The van der Waals surface area contributed by atoms with Crippen molar-refractivity contribution in [3.63, 3.8) is 0 Å². The van der Waals surface area contributed by atoms with Crippen LogP contribution in [0.3, 0.4) is 0 Å². The van der Waals surface area contributed by atoms with E-state index in [4.69, 9.17) is 4.52 Å². The van der Waals surface area contributed by atoms with Crippen molar-refractivity contribution in [3.05, 3.63) is 58.2 Å². The molecule has 20 heavy (non-hydrogen) atoms. The van der Waals surface area contributed by atoms with Gasteiger partial charge in [0.15, 0.2) is 0 Å². The molecule has 2 heterocycles. The van der Waals surface area contributed by atoms with Crippen molar-refractivity contribution in [2.45, 2.75) is 20.0 Å². The fourth-order valence-corrected chi connectivity index (χ4v) is 2.71. The average molecular weight is 285 g/mol. The van der Waals surface area contributed by atoms with Crippen LogP contribution in [0.1, 0.15) is 16.5 Å². The van der Waals surface area contributed by atoms with Gasteiger partial charge in [-0.15, -0.1) is 11.3 Å². The van der Waals surface area contributed by atoms with Crippen LogP contribution in [0.4, 0.5) is 0 Å². The molecule has 4 nitrogen and oxygen atoms in total. The molecule has 5 heteroatoms. The number of nitrogens with one attached hydrogen (secondary N) is 1. The number of aryl methyl sites for hydroxylation is 1. The molecule has 3 aromatic rings. The summed E-state index contributed by atoms with van der Waals surface area (Å²) >= 11 is 1.67. The minimum absolute atomic E-state index is 0.692. The predicted molar refractivity (Wildman–Crippen MR) is 79.3 cm³/mol. The highest BCUT2D eigenvalue weighted by Crippen LogP contribution is 2.21. The van der Waals surface area contributed by atoms with Crippen molar-refractivity contribution in [2.24, 2.45) is 0 Å². The van der Waals surface area contributed by atoms with Crippen LogP contribution in [0, 0.1) is 6.92 Å². The van der Waals surface area contributed by atoms with Gasteiger partial charge in [-0.2, -0.15) is 0 Å². The summed E-state index contributed by atoms with van der Waals surface area (Å²) in [5.74, 6) is 0.836. The monoisotopic (exact) mass is 285 g/mol. The fourth-order valence-electron chi connectivity index (χ4n) is 1.93. The molecule has 1 aromatic carbocycles. The Kier molecular flexibility index (Phi) is 3.90. The number of thiazole rings is 1. The molecule has 0 saturated carbocycles. The van der Waals surface area contributed by atoms with Crippen molar-refractivity contribution >= 4 is 11.3 Å². The topological polar surface area (TPSA) is 51.0 Å². The van der Waals surface area contributed by atoms with Crippen LogP contribution in [0.5, 0.6) is 0 Å². The molecule has 0 radical (unpaired) electrons. The lowest BCUT2D eigenvalue weighted by Gasteiger charge is -1.98. The summed E-state index contributed by atoms with van der Waals surface area (Å²) in [6.45, 7) is 3.32. The Morgan fingerprint density at radius 1 is 1.20 bits per heavy atom. The summed E-state index contributed by atoms with van der Waals surface area (Å²) in [7, 11) is 0. The van der Waals surface area contributed by atoms with Gasteiger partial charge in [0, 0.05) is 30.1 Å². The van der Waals surface area contributed by atoms with Gasteiger partial charge in [0.25, 0.3) is 0 Å². The summed E-state index contributed by atoms with van der Waals surface area (Å²) in [6, 6.07) is 12.1. The van der Waals surface area contributed by atoms with Crippen molar-refractivity contribution in [2.75, 3.05) is 0 Å². The van der Waals surface area contributed by atoms with Gasteiger partial charge in [-0.3, -0.25) is 0 Å². The first-order chi connectivity index (χ1) is 9.81. The van der Waals surface area contributed by atoms with E-state index >= 15 is 0 Å². The van der Waals surface area contributed by atoms with E-state index in [2.05, 4.69) is 33.0 Å². The Labute approximate surface area is 121 Å². The predicted octanol–water partition coefficient (Wildman–Crippen LogP) is 3.40. The number of benzene rings is 1. The molecule has 3 rings (SSSR count). The largest absolute Gasteiger partial charge is 0.361 e. The number of hydrogen-bond donors (Lipinski definition) is 1. The number of aromatic nitrogens is 2. The lowest BCUT2D eigenvalue weighted by molar-refractivity contribution is 0.388. The zero-order chi connectivity index (χ0) is 13.8. The number of rotatable bonds is 5. The van der Waals surface area contributed by atoms with Gasteiger partial charge < -0.3 is 9.84 Å². The van der Waals surface area contributed by atoms with E-state index in [-0.39, 0.29) is 0 Å². The summed E-state index contributed by atoms with van der Waals surface area (Å²) in [6.07, 6.45) is 0. The SMILES string of the molecule is Cc1cc(CNCc2nc(-c3ccccc3)cs2)no1. The summed E-state index contributed by atoms with van der Waals surface area (Å²) in [4.78, 5) is 4.63. The van der Waals surface area contributed by atoms with Crippen LogP contribution in [0.2, 0.25) is 0 Å². The van der Waals surface area contributed by atoms with E-state index in [9.17, 15) is 0 Å². The Morgan fingerprint density at radius 2 is 2.05 bits per heavy atom. The normalized spacial score (nSPS) is 10.8. The molecule has 0 amide bonds. The Hall–Kier alpha value is -1.98. The lowest BCUT2D eigenvalue weighted by Crippen LogP contribution is -2.12. The van der Waals surface area contributed by atoms with Gasteiger partial charge >= 0.3 is 0 Å². The molecule has 0 fully saturated rings. The maximum atomic E-state index is 5.03. The highest BCUT2D eigenvalue weighted by atomic mass is 32.1. The lowest BCUT2D eigenvalue weighted by atomic mass is 10.2. The Balaban J connectivity index is 1.58. The zero-order valence-corrected chi connectivity index (χ0v) is 12.0. The first-order valence-electron chi connectivity index (χ1n) is 6.44. The fraction of sp³-hybridized carbons (Fsp3) is 0.200. The molecule has 1 N–H and O–H groups in total. The molecular formula is C15H15N3OS. The second-order valence-corrected chi connectivity index (χ2v) is 5.47. The van der Waals surface area contributed by atoms with Gasteiger partial charge in [0.2, 0.25) is 0 Å². The van der Waals surface area contributed by atoms with Crippen LogP contribution < -0.4 is 5.32 Å². The van der Waals surface area contributed by atoms with Gasteiger partial charge in [0.1, 0.15) is 10.8 Å². The second kappa shape index (κ2) is 5.98. The van der Waals surface area contributed by atoms with Crippen molar-refractivity contribution in [1.29, 1.82) is 0 Å². The minimum Gasteiger partial charge on any atom is -0.361 e. The highest BCUT2D eigenvalue weighted by molar-refractivity contribution is 7.09. The van der Waals surface area contributed by atoms with Gasteiger partial charge in [-0.05, 0) is 6.92 Å². The minimum atomic E-state index is 0.692. The first kappa shape index (κ1) is 13.0. The molecule has 0 aliphatic rings. The molecule has 0 spiro atoms. The smallest absolute Gasteiger partial charge is 0.133 e. The average Bonchev–Trinajstić information content (AvgIpc) is 3.09. The molecule has 0 aliphatic carbocycles. The van der Waals surface area contributed by atoms with Crippen LogP contribution in [-0.2, 0) is 13.1 Å². The van der Waals surface area contributed by atoms with Crippen molar-refractivity contribution in [3.8, 4) is 11.3 Å². The third kappa shape index (κ3) is 3.12. The summed E-state index contributed by atoms with van der Waals surface area (Å²) in [5, 5.41) is 10.4. The van der Waals surface area contributed by atoms with E-state index in [1.54, 1.807) is 11.3 Å².